The maximum Gasteiger partial charge on any atom is 0.243 e. The van der Waals surface area contributed by atoms with Crippen molar-refractivity contribution in [1.29, 1.82) is 0 Å². The van der Waals surface area contributed by atoms with Gasteiger partial charge in [-0.15, -0.1) is 0 Å². The zero-order valence-corrected chi connectivity index (χ0v) is 25.2. The second-order valence-corrected chi connectivity index (χ2v) is 11.9. The van der Waals surface area contributed by atoms with Gasteiger partial charge in [0.1, 0.15) is 11.8 Å². The number of carbonyl (C=O) groups excluding carboxylic acids is 2. The van der Waals surface area contributed by atoms with Crippen LogP contribution < -0.4 is 14.4 Å². The minimum atomic E-state index is -3.64. The highest BCUT2D eigenvalue weighted by atomic mass is 32.2. The normalized spacial score (nSPS) is 11.9. The van der Waals surface area contributed by atoms with E-state index in [1.165, 1.54) is 4.31 Å². The number of nitrogens with zero attached hydrogens (tertiary/aromatic N) is 2. The summed E-state index contributed by atoms with van der Waals surface area (Å²) in [6.45, 7) is 6.88. The summed E-state index contributed by atoms with van der Waals surface area (Å²) in [7, 11) is -3.64. The first kappa shape index (κ1) is 31.7. The first-order valence-electron chi connectivity index (χ1n) is 14.0. The number of aryl methyl sites for hydroxylation is 1. The molecule has 3 aromatic carbocycles. The van der Waals surface area contributed by atoms with Gasteiger partial charge in [0, 0.05) is 32.5 Å². The Morgan fingerprint density at radius 3 is 2.20 bits per heavy atom. The fourth-order valence-electron chi connectivity index (χ4n) is 4.66. The topological polar surface area (TPSA) is 96.0 Å². The zero-order chi connectivity index (χ0) is 29.8. The largest absolute Gasteiger partial charge is 0.492 e. The van der Waals surface area contributed by atoms with Crippen LogP contribution in [-0.4, -0.2) is 57.1 Å². The van der Waals surface area contributed by atoms with Gasteiger partial charge in [-0.2, -0.15) is 0 Å². The molecule has 3 rings (SSSR count). The molecule has 0 radical (unpaired) electrons. The van der Waals surface area contributed by atoms with Gasteiger partial charge in [-0.05, 0) is 50.5 Å². The standard InChI is InChI=1S/C32H41N3O5S/c1-5-33-32(37)29(23-26-13-8-7-9-14-26)34(24-27-20-18-25(3)19-21-27)31(36)17-12-22-35(41(4,38)39)28-15-10-11-16-30(28)40-6-2/h7-11,13-16,18-21,29H,5-6,12,17,22-24H2,1-4H3,(H,33,37). The predicted molar refractivity (Wildman–Crippen MR) is 163 cm³/mol. The number of ether oxygens (including phenoxy) is 1. The minimum absolute atomic E-state index is 0.0688. The zero-order valence-electron chi connectivity index (χ0n) is 24.4. The van der Waals surface area contributed by atoms with E-state index >= 15 is 0 Å². The summed E-state index contributed by atoms with van der Waals surface area (Å²) in [5.41, 5.74) is 3.39. The minimum Gasteiger partial charge on any atom is -0.492 e. The molecule has 1 N–H and O–H groups in total. The molecule has 0 heterocycles. The summed E-state index contributed by atoms with van der Waals surface area (Å²) < 4.78 is 32.5. The molecule has 0 aliphatic heterocycles. The number of anilines is 1. The van der Waals surface area contributed by atoms with Gasteiger partial charge in [0.25, 0.3) is 0 Å². The highest BCUT2D eigenvalue weighted by molar-refractivity contribution is 7.92. The van der Waals surface area contributed by atoms with Gasteiger partial charge in [0.2, 0.25) is 21.8 Å². The lowest BCUT2D eigenvalue weighted by Gasteiger charge is -2.32. The third-order valence-electron chi connectivity index (χ3n) is 6.68. The number of amides is 2. The molecule has 41 heavy (non-hydrogen) atoms. The van der Waals surface area contributed by atoms with Gasteiger partial charge in [-0.1, -0.05) is 72.3 Å². The van der Waals surface area contributed by atoms with E-state index in [0.717, 1.165) is 22.9 Å². The number of hydrogen-bond acceptors (Lipinski definition) is 5. The van der Waals surface area contributed by atoms with Crippen LogP contribution in [0.15, 0.2) is 78.9 Å². The Morgan fingerprint density at radius 1 is 0.902 bits per heavy atom. The summed E-state index contributed by atoms with van der Waals surface area (Å²) >= 11 is 0. The van der Waals surface area contributed by atoms with E-state index in [9.17, 15) is 18.0 Å². The summed E-state index contributed by atoms with van der Waals surface area (Å²) in [4.78, 5) is 28.8. The molecule has 0 aromatic heterocycles. The quantitative estimate of drug-likeness (QED) is 0.281. The van der Waals surface area contributed by atoms with Crippen LogP contribution in [0.4, 0.5) is 5.69 Å². The third-order valence-corrected chi connectivity index (χ3v) is 7.86. The molecule has 9 heteroatoms. The molecule has 8 nitrogen and oxygen atoms in total. The van der Waals surface area contributed by atoms with Crippen LogP contribution >= 0.6 is 0 Å². The molecule has 0 saturated carbocycles. The fourth-order valence-corrected chi connectivity index (χ4v) is 5.63. The Kier molecular flexibility index (Phi) is 11.8. The van der Waals surface area contributed by atoms with E-state index in [-0.39, 0.29) is 37.7 Å². The van der Waals surface area contributed by atoms with Crippen LogP contribution in [0.2, 0.25) is 0 Å². The number of nitrogens with one attached hydrogen (secondary N) is 1. The Hall–Kier alpha value is -3.85. The van der Waals surface area contributed by atoms with E-state index in [0.29, 0.717) is 31.0 Å². The summed E-state index contributed by atoms with van der Waals surface area (Å²) in [6, 6.07) is 23.8. The van der Waals surface area contributed by atoms with Crippen LogP contribution in [-0.2, 0) is 32.6 Å². The van der Waals surface area contributed by atoms with Crippen molar-refractivity contribution in [3.8, 4) is 5.75 Å². The van der Waals surface area contributed by atoms with Crippen molar-refractivity contribution in [2.75, 3.05) is 30.3 Å². The summed E-state index contributed by atoms with van der Waals surface area (Å²) in [6.07, 6.45) is 1.84. The molecular formula is C32H41N3O5S. The Bertz CT molecular complexity index is 1380. The summed E-state index contributed by atoms with van der Waals surface area (Å²) in [5, 5.41) is 2.90. The van der Waals surface area contributed by atoms with Gasteiger partial charge in [0.05, 0.1) is 18.6 Å². The van der Waals surface area contributed by atoms with Crippen LogP contribution in [0, 0.1) is 6.92 Å². The van der Waals surface area contributed by atoms with Crippen molar-refractivity contribution in [2.45, 2.75) is 52.6 Å². The monoisotopic (exact) mass is 579 g/mol. The van der Waals surface area contributed by atoms with E-state index < -0.39 is 16.1 Å². The van der Waals surface area contributed by atoms with Crippen molar-refractivity contribution in [3.63, 3.8) is 0 Å². The first-order chi connectivity index (χ1) is 19.6. The second-order valence-electron chi connectivity index (χ2n) is 9.95. The summed E-state index contributed by atoms with van der Waals surface area (Å²) in [5.74, 6) is 0.0245. The van der Waals surface area contributed by atoms with E-state index in [1.54, 1.807) is 29.2 Å². The van der Waals surface area contributed by atoms with Crippen molar-refractivity contribution >= 4 is 27.5 Å². The Labute approximate surface area is 244 Å². The molecule has 0 aliphatic carbocycles. The van der Waals surface area contributed by atoms with E-state index in [1.807, 2.05) is 75.4 Å². The lowest BCUT2D eigenvalue weighted by molar-refractivity contribution is -0.141. The number of hydrogen-bond donors (Lipinski definition) is 1. The number of para-hydroxylation sites is 2. The van der Waals surface area contributed by atoms with Gasteiger partial charge < -0.3 is 15.0 Å². The second kappa shape index (κ2) is 15.2. The molecule has 3 aromatic rings. The van der Waals surface area contributed by atoms with Crippen LogP contribution in [0.3, 0.4) is 0 Å². The Balaban J connectivity index is 1.87. The maximum absolute atomic E-state index is 13.8. The van der Waals surface area contributed by atoms with Gasteiger partial charge >= 0.3 is 0 Å². The molecule has 0 bridgehead atoms. The number of rotatable bonds is 15. The van der Waals surface area contributed by atoms with Gasteiger partial charge in [-0.3, -0.25) is 13.9 Å². The predicted octanol–water partition coefficient (Wildman–Crippen LogP) is 4.72. The van der Waals surface area contributed by atoms with E-state index in [4.69, 9.17) is 4.74 Å². The molecule has 2 amide bonds. The Morgan fingerprint density at radius 2 is 1.56 bits per heavy atom. The van der Waals surface area contributed by atoms with Crippen molar-refractivity contribution in [1.82, 2.24) is 10.2 Å². The molecule has 1 unspecified atom stereocenters. The molecule has 0 aliphatic rings. The molecule has 0 spiro atoms. The highest BCUT2D eigenvalue weighted by Gasteiger charge is 2.30. The molecule has 220 valence electrons. The molecule has 1 atom stereocenters. The van der Waals surface area contributed by atoms with Crippen molar-refractivity contribution in [3.05, 3.63) is 95.6 Å². The lowest BCUT2D eigenvalue weighted by atomic mass is 10.0. The lowest BCUT2D eigenvalue weighted by Crippen LogP contribution is -2.50. The van der Waals surface area contributed by atoms with Crippen LogP contribution in [0.5, 0.6) is 5.75 Å². The average Bonchev–Trinajstić information content (AvgIpc) is 2.94. The maximum atomic E-state index is 13.8. The fraction of sp³-hybridized carbons (Fsp3) is 0.375. The van der Waals surface area contributed by atoms with Gasteiger partial charge in [-0.25, -0.2) is 8.42 Å². The first-order valence-corrected chi connectivity index (χ1v) is 15.8. The van der Waals surface area contributed by atoms with E-state index in [2.05, 4.69) is 5.32 Å². The third kappa shape index (κ3) is 9.35. The molecule has 0 saturated heterocycles. The molecular weight excluding hydrogens is 538 g/mol. The number of likely N-dealkylation sites (N-methyl/N-ethyl adjacent to an activating group) is 1. The van der Waals surface area contributed by atoms with Crippen LogP contribution in [0.1, 0.15) is 43.4 Å². The highest BCUT2D eigenvalue weighted by Crippen LogP contribution is 2.30. The number of benzene rings is 3. The number of carbonyl (C=O) groups is 2. The van der Waals surface area contributed by atoms with Crippen LogP contribution in [0.25, 0.3) is 0 Å². The average molecular weight is 580 g/mol. The van der Waals surface area contributed by atoms with Crippen molar-refractivity contribution < 1.29 is 22.7 Å². The van der Waals surface area contributed by atoms with Gasteiger partial charge in [0.15, 0.2) is 0 Å². The SMILES string of the molecule is CCNC(=O)C(Cc1ccccc1)N(Cc1ccc(C)cc1)C(=O)CCCN(c1ccccc1OCC)S(C)(=O)=O. The number of sulfonamides is 1. The van der Waals surface area contributed by atoms with Crippen molar-refractivity contribution in [2.24, 2.45) is 0 Å². The smallest absolute Gasteiger partial charge is 0.243 e. The molecule has 0 fully saturated rings.